The van der Waals surface area contributed by atoms with Gasteiger partial charge in [0.05, 0.1) is 25.1 Å². The lowest BCUT2D eigenvalue weighted by molar-refractivity contribution is -0.146. The van der Waals surface area contributed by atoms with E-state index in [1.165, 1.54) is 18.3 Å². The van der Waals surface area contributed by atoms with Crippen molar-refractivity contribution in [1.82, 2.24) is 24.2 Å². The van der Waals surface area contributed by atoms with Crippen molar-refractivity contribution in [2.45, 2.75) is 39.5 Å². The van der Waals surface area contributed by atoms with Gasteiger partial charge in [0, 0.05) is 39.3 Å². The number of carbonyl (C=O) groups excluding carboxylic acids is 2. The number of hydrogen-bond acceptors (Lipinski definition) is 9. The Balaban J connectivity index is 1.75. The third-order valence-corrected chi connectivity index (χ3v) is 7.13. The molecule has 0 aliphatic carbocycles. The van der Waals surface area contributed by atoms with Crippen LogP contribution in [0.5, 0.6) is 0 Å². The Morgan fingerprint density at radius 3 is 2.58 bits per heavy atom. The minimum atomic E-state index is -3.71. The van der Waals surface area contributed by atoms with Gasteiger partial charge in [-0.2, -0.15) is 4.31 Å². The monoisotopic (exact) mass is 479 g/mol. The first kappa shape index (κ1) is 24.8. The van der Waals surface area contributed by atoms with Crippen molar-refractivity contribution in [2.24, 2.45) is 0 Å². The minimum Gasteiger partial charge on any atom is -0.468 e. The molecule has 0 amide bonds. The van der Waals surface area contributed by atoms with Crippen LogP contribution in [-0.2, 0) is 48.7 Å². The van der Waals surface area contributed by atoms with Crippen molar-refractivity contribution in [3.8, 4) is 0 Å². The van der Waals surface area contributed by atoms with Crippen molar-refractivity contribution < 1.29 is 27.5 Å². The van der Waals surface area contributed by atoms with Gasteiger partial charge in [-0.15, -0.1) is 5.10 Å². The number of ether oxygens (including phenoxy) is 2. The van der Waals surface area contributed by atoms with Gasteiger partial charge in [0.1, 0.15) is 12.6 Å². The van der Waals surface area contributed by atoms with Gasteiger partial charge < -0.3 is 9.47 Å². The van der Waals surface area contributed by atoms with Gasteiger partial charge in [-0.25, -0.2) is 13.1 Å². The van der Waals surface area contributed by atoms with Crippen molar-refractivity contribution in [2.75, 3.05) is 32.6 Å². The standard InChI is InChI=1S/C21H29N5O6S/c1-16-4-6-18(7-5-16)12-26-20(21(28)31-3)15-24(9-11-33(26,29)30)13-19-14-25(23-22-19)8-10-32-17(2)27/h4-7,14,20H,8-13,15H2,1-3H3. The van der Waals surface area contributed by atoms with E-state index in [2.05, 4.69) is 10.3 Å². The van der Waals surface area contributed by atoms with Gasteiger partial charge in [0.25, 0.3) is 0 Å². The first-order chi connectivity index (χ1) is 15.7. The number of aryl methyl sites for hydroxylation is 1. The normalized spacial score (nSPS) is 19.1. The number of aromatic nitrogens is 3. The van der Waals surface area contributed by atoms with Crippen LogP contribution in [0.4, 0.5) is 0 Å². The maximum absolute atomic E-state index is 13.1. The zero-order chi connectivity index (χ0) is 24.0. The molecule has 1 aromatic heterocycles. The smallest absolute Gasteiger partial charge is 0.325 e. The number of esters is 2. The molecule has 2 aromatic rings. The van der Waals surface area contributed by atoms with E-state index in [0.717, 1.165) is 11.1 Å². The van der Waals surface area contributed by atoms with Crippen LogP contribution < -0.4 is 0 Å². The zero-order valence-corrected chi connectivity index (χ0v) is 19.8. The Morgan fingerprint density at radius 2 is 1.91 bits per heavy atom. The zero-order valence-electron chi connectivity index (χ0n) is 19.0. The van der Waals surface area contributed by atoms with E-state index in [1.54, 1.807) is 10.9 Å². The molecule has 180 valence electrons. The molecule has 1 aliphatic heterocycles. The molecule has 1 saturated heterocycles. The summed E-state index contributed by atoms with van der Waals surface area (Å²) in [5.41, 5.74) is 2.47. The molecule has 11 nitrogen and oxygen atoms in total. The van der Waals surface area contributed by atoms with Gasteiger partial charge in [0.15, 0.2) is 0 Å². The molecule has 0 radical (unpaired) electrons. The lowest BCUT2D eigenvalue weighted by Crippen LogP contribution is -2.48. The maximum Gasteiger partial charge on any atom is 0.325 e. The van der Waals surface area contributed by atoms with Crippen LogP contribution in [0.15, 0.2) is 30.5 Å². The summed E-state index contributed by atoms with van der Waals surface area (Å²) in [5.74, 6) is -1.11. The van der Waals surface area contributed by atoms with Crippen molar-refractivity contribution in [3.05, 3.63) is 47.3 Å². The average molecular weight is 480 g/mol. The Labute approximate surface area is 193 Å². The fourth-order valence-electron chi connectivity index (χ4n) is 3.57. The van der Waals surface area contributed by atoms with Crippen molar-refractivity contribution in [1.29, 1.82) is 0 Å². The number of nitrogens with zero attached hydrogens (tertiary/aromatic N) is 5. The molecule has 0 bridgehead atoms. The third-order valence-electron chi connectivity index (χ3n) is 5.33. The number of sulfonamides is 1. The number of benzene rings is 1. The molecule has 33 heavy (non-hydrogen) atoms. The van der Waals surface area contributed by atoms with E-state index in [1.807, 2.05) is 36.1 Å². The molecule has 0 saturated carbocycles. The number of hydrogen-bond donors (Lipinski definition) is 0. The topological polar surface area (TPSA) is 124 Å². The van der Waals surface area contributed by atoms with Crippen LogP contribution in [-0.4, -0.2) is 83.2 Å². The van der Waals surface area contributed by atoms with Gasteiger partial charge in [0.2, 0.25) is 10.0 Å². The fraction of sp³-hybridized carbons (Fsp3) is 0.524. The number of methoxy groups -OCH3 is 1. The van der Waals surface area contributed by atoms with Crippen LogP contribution in [0.25, 0.3) is 0 Å². The van der Waals surface area contributed by atoms with Gasteiger partial charge >= 0.3 is 11.9 Å². The second kappa shape index (κ2) is 10.9. The molecule has 1 fully saturated rings. The summed E-state index contributed by atoms with van der Waals surface area (Å²) in [4.78, 5) is 25.4. The number of carbonyl (C=O) groups is 2. The largest absolute Gasteiger partial charge is 0.468 e. The maximum atomic E-state index is 13.1. The highest BCUT2D eigenvalue weighted by Crippen LogP contribution is 2.21. The van der Waals surface area contributed by atoms with Gasteiger partial charge in [-0.1, -0.05) is 35.0 Å². The molecule has 12 heteroatoms. The molecular weight excluding hydrogens is 450 g/mol. The van der Waals surface area contributed by atoms with Crippen LogP contribution in [0.1, 0.15) is 23.7 Å². The van der Waals surface area contributed by atoms with Crippen LogP contribution >= 0.6 is 0 Å². The van der Waals surface area contributed by atoms with E-state index in [9.17, 15) is 18.0 Å². The highest BCUT2D eigenvalue weighted by Gasteiger charge is 2.39. The van der Waals surface area contributed by atoms with Crippen LogP contribution in [0, 0.1) is 6.92 Å². The molecule has 1 aromatic carbocycles. The average Bonchev–Trinajstić information content (AvgIpc) is 3.17. The highest BCUT2D eigenvalue weighted by atomic mass is 32.2. The molecular formula is C21H29N5O6S. The summed E-state index contributed by atoms with van der Waals surface area (Å²) in [6.07, 6.45) is 1.71. The first-order valence-corrected chi connectivity index (χ1v) is 12.2. The predicted molar refractivity (Wildman–Crippen MR) is 118 cm³/mol. The SMILES string of the molecule is COC(=O)C1CN(Cc2cn(CCOC(C)=O)nn2)CCS(=O)(=O)N1Cc1ccc(C)cc1. The summed E-state index contributed by atoms with van der Waals surface area (Å²) in [6.45, 7) is 4.62. The third kappa shape index (κ3) is 6.83. The minimum absolute atomic E-state index is 0.0859. The summed E-state index contributed by atoms with van der Waals surface area (Å²) < 4.78 is 38.8. The molecule has 1 aliphatic rings. The molecule has 0 N–H and O–H groups in total. The fourth-order valence-corrected chi connectivity index (χ4v) is 5.18. The molecule has 0 spiro atoms. The quantitative estimate of drug-likeness (QED) is 0.493. The van der Waals surface area contributed by atoms with Crippen LogP contribution in [0.3, 0.4) is 0 Å². The van der Waals surface area contributed by atoms with Gasteiger partial charge in [-0.05, 0) is 12.5 Å². The van der Waals surface area contributed by atoms with E-state index >= 15 is 0 Å². The summed E-state index contributed by atoms with van der Waals surface area (Å²) in [6, 6.07) is 6.54. The first-order valence-electron chi connectivity index (χ1n) is 10.6. The Kier molecular flexibility index (Phi) is 8.16. The summed E-state index contributed by atoms with van der Waals surface area (Å²) in [7, 11) is -2.46. The summed E-state index contributed by atoms with van der Waals surface area (Å²) >= 11 is 0. The molecule has 3 rings (SSSR count). The lowest BCUT2D eigenvalue weighted by atomic mass is 10.1. The number of rotatable bonds is 8. The van der Waals surface area contributed by atoms with E-state index in [-0.39, 0.29) is 38.0 Å². The van der Waals surface area contributed by atoms with Crippen molar-refractivity contribution >= 4 is 22.0 Å². The van der Waals surface area contributed by atoms with E-state index < -0.39 is 22.0 Å². The second-order valence-electron chi connectivity index (χ2n) is 7.93. The second-order valence-corrected chi connectivity index (χ2v) is 9.97. The Morgan fingerprint density at radius 1 is 1.18 bits per heavy atom. The Hall–Kier alpha value is -2.83. The predicted octanol–water partition coefficient (Wildman–Crippen LogP) is 0.339. The van der Waals surface area contributed by atoms with E-state index in [0.29, 0.717) is 18.8 Å². The molecule has 1 unspecified atom stereocenters. The van der Waals surface area contributed by atoms with Crippen LogP contribution in [0.2, 0.25) is 0 Å². The summed E-state index contributed by atoms with van der Waals surface area (Å²) in [5, 5.41) is 8.12. The lowest BCUT2D eigenvalue weighted by Gasteiger charge is -2.28. The van der Waals surface area contributed by atoms with Gasteiger partial charge in [-0.3, -0.25) is 14.5 Å². The van der Waals surface area contributed by atoms with Crippen molar-refractivity contribution in [3.63, 3.8) is 0 Å². The van der Waals surface area contributed by atoms with E-state index in [4.69, 9.17) is 9.47 Å². The molecule has 2 heterocycles. The highest BCUT2D eigenvalue weighted by molar-refractivity contribution is 7.89. The molecule has 1 atom stereocenters. The Bertz CT molecular complexity index is 1070.